The number of pyridine rings is 1. The largest absolute Gasteiger partial charge is 0.461 e. The first-order valence-corrected chi connectivity index (χ1v) is 9.22. The molecule has 0 spiro atoms. The fourth-order valence-corrected chi connectivity index (χ4v) is 2.77. The molecule has 2 N–H and O–H groups in total. The van der Waals surface area contributed by atoms with Gasteiger partial charge < -0.3 is 15.1 Å². The first-order chi connectivity index (χ1) is 12.7. The molecule has 0 saturated carbocycles. The number of guanidine groups is 1. The van der Waals surface area contributed by atoms with Crippen molar-refractivity contribution in [2.45, 2.75) is 19.8 Å². The maximum Gasteiger partial charge on any atom is 0.191 e. The summed E-state index contributed by atoms with van der Waals surface area (Å²) in [6, 6.07) is 13.9. The van der Waals surface area contributed by atoms with E-state index in [4.69, 9.17) is 16.0 Å². The molecule has 0 aliphatic rings. The smallest absolute Gasteiger partial charge is 0.191 e. The number of aromatic nitrogens is 1. The summed E-state index contributed by atoms with van der Waals surface area (Å²) in [4.78, 5) is 8.72. The molecule has 0 bridgehead atoms. The van der Waals surface area contributed by atoms with Gasteiger partial charge in [0.1, 0.15) is 16.5 Å². The second-order valence-electron chi connectivity index (χ2n) is 5.93. The second-order valence-corrected chi connectivity index (χ2v) is 6.31. The molecule has 0 aliphatic carbocycles. The third kappa shape index (κ3) is 5.23. The summed E-state index contributed by atoms with van der Waals surface area (Å²) in [6.07, 6.45) is 3.43. The van der Waals surface area contributed by atoms with Crippen LogP contribution in [-0.4, -0.2) is 30.6 Å². The van der Waals surface area contributed by atoms with E-state index in [1.54, 1.807) is 6.20 Å². The zero-order valence-electron chi connectivity index (χ0n) is 14.8. The Morgan fingerprint density at radius 1 is 1.15 bits per heavy atom. The minimum atomic E-state index is 0.516. The number of fused-ring (bicyclic) bond motifs is 1. The molecule has 2 heterocycles. The van der Waals surface area contributed by atoms with Gasteiger partial charge in [-0.05, 0) is 37.1 Å². The Hall–Kier alpha value is -2.53. The van der Waals surface area contributed by atoms with Gasteiger partial charge in [0.05, 0.1) is 0 Å². The van der Waals surface area contributed by atoms with Crippen LogP contribution in [-0.2, 0) is 12.8 Å². The molecular weight excluding hydrogens is 348 g/mol. The molecule has 6 heteroatoms. The molecule has 1 aromatic carbocycles. The summed E-state index contributed by atoms with van der Waals surface area (Å²) in [5.41, 5.74) is 2.06. The standard InChI is InChI=1S/C20H23ClN4O/c1-2-22-20(23-11-9-15-7-8-19(21)25-14-15)24-12-10-17-13-16-5-3-4-6-18(16)26-17/h3-8,13-14H,2,9-12H2,1H3,(H2,22,23,24). The molecule has 0 radical (unpaired) electrons. The Kier molecular flexibility index (Phi) is 6.50. The lowest BCUT2D eigenvalue weighted by atomic mass is 10.2. The van der Waals surface area contributed by atoms with Crippen molar-refractivity contribution in [3.63, 3.8) is 0 Å². The average Bonchev–Trinajstić information content (AvgIpc) is 3.06. The third-order valence-electron chi connectivity index (χ3n) is 3.94. The number of furan rings is 1. The predicted octanol–water partition coefficient (Wildman–Crippen LogP) is 3.82. The van der Waals surface area contributed by atoms with Crippen molar-refractivity contribution in [2.24, 2.45) is 4.99 Å². The molecule has 3 aromatic rings. The van der Waals surface area contributed by atoms with E-state index in [0.29, 0.717) is 11.7 Å². The van der Waals surface area contributed by atoms with Crippen molar-refractivity contribution >= 4 is 28.5 Å². The van der Waals surface area contributed by atoms with Gasteiger partial charge in [-0.1, -0.05) is 35.9 Å². The minimum Gasteiger partial charge on any atom is -0.461 e. The van der Waals surface area contributed by atoms with Gasteiger partial charge in [0.15, 0.2) is 5.96 Å². The summed E-state index contributed by atoms with van der Waals surface area (Å²) < 4.78 is 5.83. The molecular formula is C20H23ClN4O. The van der Waals surface area contributed by atoms with E-state index in [-0.39, 0.29) is 0 Å². The number of aliphatic imine (C=N–C) groups is 1. The van der Waals surface area contributed by atoms with E-state index in [1.165, 1.54) is 0 Å². The molecule has 0 atom stereocenters. The van der Waals surface area contributed by atoms with Crippen molar-refractivity contribution in [2.75, 3.05) is 19.6 Å². The maximum absolute atomic E-state index is 5.83. The number of nitrogens with one attached hydrogen (secondary N) is 2. The molecule has 0 aliphatic heterocycles. The number of halogens is 1. The molecule has 26 heavy (non-hydrogen) atoms. The van der Waals surface area contributed by atoms with Crippen LogP contribution in [0, 0.1) is 0 Å². The van der Waals surface area contributed by atoms with Gasteiger partial charge in [-0.15, -0.1) is 0 Å². The Morgan fingerprint density at radius 2 is 2.04 bits per heavy atom. The highest BCUT2D eigenvalue weighted by molar-refractivity contribution is 6.29. The summed E-state index contributed by atoms with van der Waals surface area (Å²) >= 11 is 5.81. The monoisotopic (exact) mass is 370 g/mol. The number of benzene rings is 1. The normalized spacial score (nSPS) is 11.7. The van der Waals surface area contributed by atoms with Gasteiger partial charge >= 0.3 is 0 Å². The van der Waals surface area contributed by atoms with Gasteiger partial charge in [-0.25, -0.2) is 4.98 Å². The van der Waals surface area contributed by atoms with Crippen molar-refractivity contribution in [3.8, 4) is 0 Å². The van der Waals surface area contributed by atoms with Crippen LogP contribution in [0.25, 0.3) is 11.0 Å². The highest BCUT2D eigenvalue weighted by Crippen LogP contribution is 2.18. The summed E-state index contributed by atoms with van der Waals surface area (Å²) in [7, 11) is 0. The van der Waals surface area contributed by atoms with Crippen molar-refractivity contribution in [3.05, 3.63) is 65.1 Å². The molecule has 0 unspecified atom stereocenters. The summed E-state index contributed by atoms with van der Waals surface area (Å²) in [5, 5.41) is 8.25. The number of hydrogen-bond acceptors (Lipinski definition) is 3. The van der Waals surface area contributed by atoms with Crippen LogP contribution < -0.4 is 10.6 Å². The molecule has 2 aromatic heterocycles. The Morgan fingerprint density at radius 3 is 2.81 bits per heavy atom. The van der Waals surface area contributed by atoms with Crippen LogP contribution in [0.2, 0.25) is 5.15 Å². The highest BCUT2D eigenvalue weighted by atomic mass is 35.5. The van der Waals surface area contributed by atoms with Crippen LogP contribution in [0.1, 0.15) is 18.2 Å². The van der Waals surface area contributed by atoms with Crippen molar-refractivity contribution in [1.82, 2.24) is 15.6 Å². The van der Waals surface area contributed by atoms with Crippen LogP contribution in [0.4, 0.5) is 0 Å². The second kappa shape index (κ2) is 9.25. The third-order valence-corrected chi connectivity index (χ3v) is 4.17. The molecule has 0 amide bonds. The lowest BCUT2D eigenvalue weighted by Gasteiger charge is -2.11. The summed E-state index contributed by atoms with van der Waals surface area (Å²) in [6.45, 7) is 4.32. The van der Waals surface area contributed by atoms with Gasteiger partial charge in [-0.2, -0.15) is 0 Å². The number of nitrogens with zero attached hydrogens (tertiary/aromatic N) is 2. The fraction of sp³-hybridized carbons (Fsp3) is 0.300. The Labute approximate surface area is 158 Å². The van der Waals surface area contributed by atoms with Gasteiger partial charge in [0.2, 0.25) is 0 Å². The van der Waals surface area contributed by atoms with E-state index in [2.05, 4.69) is 39.7 Å². The molecule has 0 fully saturated rings. The average molecular weight is 371 g/mol. The topological polar surface area (TPSA) is 62.5 Å². The minimum absolute atomic E-state index is 0.516. The Balaban J connectivity index is 1.50. The molecule has 136 valence electrons. The predicted molar refractivity (Wildman–Crippen MR) is 107 cm³/mol. The van der Waals surface area contributed by atoms with Crippen LogP contribution in [0.3, 0.4) is 0 Å². The van der Waals surface area contributed by atoms with E-state index < -0.39 is 0 Å². The Bertz CT molecular complexity index is 825. The number of para-hydroxylation sites is 1. The quantitative estimate of drug-likeness (QED) is 0.377. The van der Waals surface area contributed by atoms with Crippen molar-refractivity contribution in [1.29, 1.82) is 0 Å². The molecule has 5 nitrogen and oxygen atoms in total. The molecule has 0 saturated heterocycles. The zero-order chi connectivity index (χ0) is 18.2. The molecule has 3 rings (SSSR count). The lowest BCUT2D eigenvalue weighted by molar-refractivity contribution is 0.550. The SMILES string of the molecule is CCNC(=NCCc1cc2ccccc2o1)NCCc1ccc(Cl)nc1. The van der Waals surface area contributed by atoms with Crippen LogP contribution >= 0.6 is 11.6 Å². The maximum atomic E-state index is 5.83. The van der Waals surface area contributed by atoms with Crippen LogP contribution in [0.5, 0.6) is 0 Å². The number of hydrogen-bond donors (Lipinski definition) is 2. The van der Waals surface area contributed by atoms with Crippen LogP contribution in [0.15, 0.2) is 58.1 Å². The lowest BCUT2D eigenvalue weighted by Crippen LogP contribution is -2.38. The van der Waals surface area contributed by atoms with Gasteiger partial charge in [0, 0.05) is 37.6 Å². The van der Waals surface area contributed by atoms with Crippen molar-refractivity contribution < 1.29 is 4.42 Å². The first-order valence-electron chi connectivity index (χ1n) is 8.84. The number of rotatable bonds is 7. The van der Waals surface area contributed by atoms with Gasteiger partial charge in [-0.3, -0.25) is 4.99 Å². The van der Waals surface area contributed by atoms with E-state index in [1.807, 2.05) is 30.3 Å². The van der Waals surface area contributed by atoms with E-state index in [9.17, 15) is 0 Å². The van der Waals surface area contributed by atoms with E-state index >= 15 is 0 Å². The summed E-state index contributed by atoms with van der Waals surface area (Å²) in [5.74, 6) is 1.77. The fourth-order valence-electron chi connectivity index (χ4n) is 2.66. The van der Waals surface area contributed by atoms with E-state index in [0.717, 1.165) is 54.2 Å². The first kappa shape index (κ1) is 18.3. The zero-order valence-corrected chi connectivity index (χ0v) is 15.6. The van der Waals surface area contributed by atoms with Gasteiger partial charge in [0.25, 0.3) is 0 Å². The highest BCUT2D eigenvalue weighted by Gasteiger charge is 2.03.